The largest absolute Gasteiger partial charge is 0.397 e. The molecular weight excluding hydrogens is 200 g/mol. The topological polar surface area (TPSA) is 55.0 Å². The minimum absolute atomic E-state index is 0.796. The number of nitrogen functional groups attached to an aromatic ring is 1. The zero-order chi connectivity index (χ0) is 11.1. The van der Waals surface area contributed by atoms with Gasteiger partial charge in [0.05, 0.1) is 17.1 Å². The summed E-state index contributed by atoms with van der Waals surface area (Å²) in [6.07, 6.45) is 3.45. The summed E-state index contributed by atoms with van der Waals surface area (Å²) in [5.41, 5.74) is 11.1. The number of aromatic nitrogens is 2. The minimum Gasteiger partial charge on any atom is -0.397 e. The molecule has 0 unspecified atom stereocenters. The molecule has 0 atom stereocenters. The number of nitrogens with two attached hydrogens (primary N) is 1. The molecule has 1 aromatic heterocycles. The number of fused-ring (bicyclic) bond motifs is 3. The molecule has 80 valence electrons. The predicted octanol–water partition coefficient (Wildman–Crippen LogP) is 1.68. The Kier molecular flexibility index (Phi) is 1.83. The highest BCUT2D eigenvalue weighted by Crippen LogP contribution is 2.39. The summed E-state index contributed by atoms with van der Waals surface area (Å²) in [5, 5.41) is 0. The second kappa shape index (κ2) is 3.20. The number of rotatable bonds is 0. The Morgan fingerprint density at radius 1 is 1.38 bits per heavy atom. The normalized spacial score (nSPS) is 13.2. The summed E-state index contributed by atoms with van der Waals surface area (Å²) < 4.78 is 0. The fraction of sp³-hybridized carbons (Fsp3) is 0.167. The fourth-order valence-corrected chi connectivity index (χ4v) is 2.23. The molecule has 0 radical (unpaired) electrons. The van der Waals surface area contributed by atoms with Gasteiger partial charge in [-0.1, -0.05) is 12.1 Å². The maximum Gasteiger partial charge on any atom is 0.116 e. The van der Waals surface area contributed by atoms with Crippen molar-refractivity contribution in [3.63, 3.8) is 0 Å². The Hall–Kier alpha value is -2.10. The third kappa shape index (κ3) is 1.16. The molecule has 0 fully saturated rings. The van der Waals surface area contributed by atoms with Crippen molar-refractivity contribution in [1.82, 2.24) is 9.97 Å². The molecule has 3 rings (SSSR count). The average Bonchev–Trinajstić information content (AvgIpc) is 2.29. The number of anilines is 2. The van der Waals surface area contributed by atoms with Crippen LogP contribution in [0.1, 0.15) is 5.56 Å². The third-order valence-electron chi connectivity index (χ3n) is 2.90. The van der Waals surface area contributed by atoms with E-state index in [0.717, 1.165) is 34.7 Å². The van der Waals surface area contributed by atoms with Crippen LogP contribution in [0.4, 0.5) is 11.4 Å². The average molecular weight is 212 g/mol. The van der Waals surface area contributed by atoms with Gasteiger partial charge >= 0.3 is 0 Å². The van der Waals surface area contributed by atoms with Gasteiger partial charge in [-0.2, -0.15) is 0 Å². The van der Waals surface area contributed by atoms with E-state index in [1.165, 1.54) is 0 Å². The molecule has 0 saturated carbocycles. The first-order chi connectivity index (χ1) is 7.77. The van der Waals surface area contributed by atoms with Gasteiger partial charge in [-0.05, 0) is 6.07 Å². The predicted molar refractivity (Wildman–Crippen MR) is 64.0 cm³/mol. The lowest BCUT2D eigenvalue weighted by Crippen LogP contribution is -2.23. The van der Waals surface area contributed by atoms with Crippen LogP contribution in [0.25, 0.3) is 11.3 Å². The zero-order valence-corrected chi connectivity index (χ0v) is 9.01. The van der Waals surface area contributed by atoms with Crippen LogP contribution >= 0.6 is 0 Å². The van der Waals surface area contributed by atoms with E-state index in [9.17, 15) is 0 Å². The number of benzene rings is 1. The second-order valence-electron chi connectivity index (χ2n) is 4.00. The van der Waals surface area contributed by atoms with Gasteiger partial charge in [0, 0.05) is 30.9 Å². The molecule has 2 N–H and O–H groups in total. The van der Waals surface area contributed by atoms with Gasteiger partial charge in [0.1, 0.15) is 6.33 Å². The van der Waals surface area contributed by atoms with Crippen LogP contribution in [0, 0.1) is 0 Å². The molecular formula is C12H12N4. The zero-order valence-electron chi connectivity index (χ0n) is 9.01. The highest BCUT2D eigenvalue weighted by atomic mass is 15.1. The van der Waals surface area contributed by atoms with Crippen molar-refractivity contribution in [2.24, 2.45) is 0 Å². The van der Waals surface area contributed by atoms with Gasteiger partial charge in [-0.15, -0.1) is 0 Å². The van der Waals surface area contributed by atoms with Crippen molar-refractivity contribution in [3.8, 4) is 11.3 Å². The van der Waals surface area contributed by atoms with E-state index in [1.54, 1.807) is 6.33 Å². The molecule has 16 heavy (non-hydrogen) atoms. The van der Waals surface area contributed by atoms with E-state index in [0.29, 0.717) is 0 Å². The molecule has 1 aliphatic rings. The Morgan fingerprint density at radius 2 is 2.25 bits per heavy atom. The molecule has 4 nitrogen and oxygen atoms in total. The molecule has 4 heteroatoms. The lowest BCUT2D eigenvalue weighted by Gasteiger charge is -2.29. The summed E-state index contributed by atoms with van der Waals surface area (Å²) in [5.74, 6) is 0. The van der Waals surface area contributed by atoms with Crippen molar-refractivity contribution in [3.05, 3.63) is 36.3 Å². The first-order valence-corrected chi connectivity index (χ1v) is 5.16. The summed E-state index contributed by atoms with van der Waals surface area (Å²) in [6.45, 7) is 0.803. The van der Waals surface area contributed by atoms with Crippen LogP contribution in [0.15, 0.2) is 30.7 Å². The lowest BCUT2D eigenvalue weighted by molar-refractivity contribution is 0.889. The maximum absolute atomic E-state index is 6.00. The van der Waals surface area contributed by atoms with Crippen molar-refractivity contribution in [2.45, 2.75) is 6.54 Å². The molecule has 0 spiro atoms. The fourth-order valence-electron chi connectivity index (χ4n) is 2.23. The van der Waals surface area contributed by atoms with Crippen LogP contribution in [0.3, 0.4) is 0 Å². The van der Waals surface area contributed by atoms with E-state index in [-0.39, 0.29) is 0 Å². The van der Waals surface area contributed by atoms with E-state index >= 15 is 0 Å². The third-order valence-corrected chi connectivity index (χ3v) is 2.90. The maximum atomic E-state index is 6.00. The molecule has 0 bridgehead atoms. The Labute approximate surface area is 93.8 Å². The van der Waals surface area contributed by atoms with Crippen LogP contribution in [0.5, 0.6) is 0 Å². The van der Waals surface area contributed by atoms with Crippen molar-refractivity contribution < 1.29 is 0 Å². The molecule has 0 aliphatic carbocycles. The van der Waals surface area contributed by atoms with Gasteiger partial charge < -0.3 is 10.6 Å². The van der Waals surface area contributed by atoms with Gasteiger partial charge in [0.25, 0.3) is 0 Å². The Balaban J connectivity index is 2.33. The standard InChI is InChI=1S/C12H12N4/c1-16-6-8-5-14-7-15-11(8)9-3-2-4-10(13)12(9)16/h2-5,7H,6,13H2,1H3. The van der Waals surface area contributed by atoms with Gasteiger partial charge in [0.15, 0.2) is 0 Å². The van der Waals surface area contributed by atoms with E-state index in [4.69, 9.17) is 5.73 Å². The molecule has 0 saturated heterocycles. The Bertz CT molecular complexity index is 550. The summed E-state index contributed by atoms with van der Waals surface area (Å²) in [4.78, 5) is 10.5. The molecule has 1 aliphatic heterocycles. The number of para-hydroxylation sites is 1. The number of hydrogen-bond donors (Lipinski definition) is 1. The summed E-state index contributed by atoms with van der Waals surface area (Å²) in [6, 6.07) is 5.92. The molecule has 0 amide bonds. The lowest BCUT2D eigenvalue weighted by atomic mass is 9.99. The first kappa shape index (κ1) is 9.15. The molecule has 1 aromatic carbocycles. The van der Waals surface area contributed by atoms with Gasteiger partial charge in [0.2, 0.25) is 0 Å². The number of hydrogen-bond acceptors (Lipinski definition) is 4. The van der Waals surface area contributed by atoms with Crippen LogP contribution in [-0.4, -0.2) is 17.0 Å². The van der Waals surface area contributed by atoms with Crippen LogP contribution in [0.2, 0.25) is 0 Å². The van der Waals surface area contributed by atoms with Crippen LogP contribution in [-0.2, 0) is 6.54 Å². The molecule has 2 aromatic rings. The van der Waals surface area contributed by atoms with Crippen molar-refractivity contribution >= 4 is 11.4 Å². The number of nitrogens with zero attached hydrogens (tertiary/aromatic N) is 3. The Morgan fingerprint density at radius 3 is 3.12 bits per heavy atom. The monoisotopic (exact) mass is 212 g/mol. The van der Waals surface area contributed by atoms with Crippen molar-refractivity contribution in [1.29, 1.82) is 0 Å². The summed E-state index contributed by atoms with van der Waals surface area (Å²) >= 11 is 0. The quantitative estimate of drug-likeness (QED) is 0.675. The highest BCUT2D eigenvalue weighted by Gasteiger charge is 2.22. The van der Waals surface area contributed by atoms with Crippen LogP contribution < -0.4 is 10.6 Å². The van der Waals surface area contributed by atoms with E-state index in [2.05, 4.69) is 14.9 Å². The van der Waals surface area contributed by atoms with Gasteiger partial charge in [-0.25, -0.2) is 9.97 Å². The van der Waals surface area contributed by atoms with E-state index < -0.39 is 0 Å². The minimum atomic E-state index is 0.796. The van der Waals surface area contributed by atoms with Gasteiger partial charge in [-0.3, -0.25) is 0 Å². The smallest absolute Gasteiger partial charge is 0.116 e. The van der Waals surface area contributed by atoms with E-state index in [1.807, 2.05) is 31.4 Å². The first-order valence-electron chi connectivity index (χ1n) is 5.16. The molecule has 2 heterocycles. The van der Waals surface area contributed by atoms with Crippen molar-refractivity contribution in [2.75, 3.05) is 17.7 Å². The summed E-state index contributed by atoms with van der Waals surface area (Å²) in [7, 11) is 2.03. The SMILES string of the molecule is CN1Cc2cncnc2-c2cccc(N)c21. The highest BCUT2D eigenvalue weighted by molar-refractivity contribution is 5.88. The second-order valence-corrected chi connectivity index (χ2v) is 4.00.